The van der Waals surface area contributed by atoms with Gasteiger partial charge in [0.25, 0.3) is 0 Å². The Morgan fingerprint density at radius 1 is 1.25 bits per heavy atom. The maximum atomic E-state index is 9.00. The van der Waals surface area contributed by atoms with Gasteiger partial charge < -0.3 is 9.88 Å². The second-order valence-corrected chi connectivity index (χ2v) is 5.08. The van der Waals surface area contributed by atoms with Crippen LogP contribution in [0.2, 0.25) is 0 Å². The Balaban J connectivity index is 1.75. The van der Waals surface area contributed by atoms with Crippen LogP contribution >= 0.6 is 0 Å². The highest BCUT2D eigenvalue weighted by atomic mass is 15.0. The van der Waals surface area contributed by atoms with Gasteiger partial charge >= 0.3 is 0 Å². The third-order valence-electron chi connectivity index (χ3n) is 3.73. The van der Waals surface area contributed by atoms with Crippen molar-refractivity contribution in [2.75, 3.05) is 6.54 Å². The van der Waals surface area contributed by atoms with E-state index in [1.165, 1.54) is 11.1 Å². The summed E-state index contributed by atoms with van der Waals surface area (Å²) in [5.41, 5.74) is 4.49. The van der Waals surface area contributed by atoms with Crippen molar-refractivity contribution < 1.29 is 0 Å². The summed E-state index contributed by atoms with van der Waals surface area (Å²) in [4.78, 5) is 0. The predicted octanol–water partition coefficient (Wildman–Crippen LogP) is 2.93. The molecule has 3 nitrogen and oxygen atoms in total. The number of hydrogen-bond donors (Lipinski definition) is 1. The number of nitrogens with zero attached hydrogens (tertiary/aromatic N) is 2. The lowest BCUT2D eigenvalue weighted by molar-refractivity contribution is 0.646. The van der Waals surface area contributed by atoms with Crippen LogP contribution in [0.1, 0.15) is 28.9 Å². The number of nitriles is 1. The molecule has 0 bridgehead atoms. The fourth-order valence-corrected chi connectivity index (χ4v) is 2.33. The third kappa shape index (κ3) is 3.49. The molecule has 0 aliphatic rings. The Morgan fingerprint density at radius 3 is 2.65 bits per heavy atom. The molecule has 0 aliphatic heterocycles. The minimum Gasteiger partial charge on any atom is -0.340 e. The topological polar surface area (TPSA) is 40.8 Å². The van der Waals surface area contributed by atoms with Gasteiger partial charge in [-0.3, -0.25) is 0 Å². The first-order chi connectivity index (χ1) is 9.72. The summed E-state index contributed by atoms with van der Waals surface area (Å²) in [6.45, 7) is 3.88. The van der Waals surface area contributed by atoms with Gasteiger partial charge in [-0.05, 0) is 43.5 Å². The van der Waals surface area contributed by atoms with Gasteiger partial charge in [-0.25, -0.2) is 0 Å². The molecule has 20 heavy (non-hydrogen) atoms. The average Bonchev–Trinajstić information content (AvgIpc) is 2.76. The molecule has 1 N–H and O–H groups in total. The first-order valence-electron chi connectivity index (χ1n) is 7.02. The first kappa shape index (κ1) is 14.4. The summed E-state index contributed by atoms with van der Waals surface area (Å²) < 4.78 is 1.95. The fourth-order valence-electron chi connectivity index (χ4n) is 2.33. The monoisotopic (exact) mass is 267 g/mol. The SMILES string of the molecule is Cc1c(CNCCCc2ccccc2)cc(C#N)n1C. The van der Waals surface area contributed by atoms with Gasteiger partial charge in [0, 0.05) is 19.3 Å². The van der Waals surface area contributed by atoms with Crippen LogP contribution in [0.3, 0.4) is 0 Å². The van der Waals surface area contributed by atoms with Crippen molar-refractivity contribution in [2.45, 2.75) is 26.3 Å². The minimum absolute atomic E-state index is 0.726. The highest BCUT2D eigenvalue weighted by molar-refractivity contribution is 5.34. The molecule has 2 aromatic rings. The highest BCUT2D eigenvalue weighted by Gasteiger charge is 2.07. The Hall–Kier alpha value is -2.05. The zero-order chi connectivity index (χ0) is 14.4. The van der Waals surface area contributed by atoms with Gasteiger partial charge in [0.05, 0.1) is 0 Å². The lowest BCUT2D eigenvalue weighted by atomic mass is 10.1. The molecule has 1 heterocycles. The average molecular weight is 267 g/mol. The second kappa shape index (κ2) is 6.93. The molecule has 0 spiro atoms. The van der Waals surface area contributed by atoms with Crippen LogP contribution in [0, 0.1) is 18.3 Å². The zero-order valence-corrected chi connectivity index (χ0v) is 12.2. The molecule has 0 amide bonds. The summed E-state index contributed by atoms with van der Waals surface area (Å²) in [6, 6.07) is 14.7. The van der Waals surface area contributed by atoms with E-state index < -0.39 is 0 Å². The van der Waals surface area contributed by atoms with Crippen molar-refractivity contribution >= 4 is 0 Å². The molecule has 0 aliphatic carbocycles. The summed E-state index contributed by atoms with van der Waals surface area (Å²) >= 11 is 0. The van der Waals surface area contributed by atoms with Crippen molar-refractivity contribution in [3.05, 3.63) is 58.9 Å². The molecule has 3 heteroatoms. The Kier molecular flexibility index (Phi) is 4.97. The van der Waals surface area contributed by atoms with Crippen molar-refractivity contribution in [2.24, 2.45) is 7.05 Å². The molecular weight excluding hydrogens is 246 g/mol. The Morgan fingerprint density at radius 2 is 2.00 bits per heavy atom. The number of aromatic nitrogens is 1. The van der Waals surface area contributed by atoms with Gasteiger partial charge in [-0.2, -0.15) is 5.26 Å². The lowest BCUT2D eigenvalue weighted by Crippen LogP contribution is -2.15. The van der Waals surface area contributed by atoms with E-state index in [9.17, 15) is 0 Å². The van der Waals surface area contributed by atoms with Gasteiger partial charge in [0.1, 0.15) is 11.8 Å². The number of rotatable bonds is 6. The maximum Gasteiger partial charge on any atom is 0.120 e. The first-order valence-corrected chi connectivity index (χ1v) is 7.02. The van der Waals surface area contributed by atoms with E-state index in [0.29, 0.717) is 0 Å². The van der Waals surface area contributed by atoms with Gasteiger partial charge in [0.15, 0.2) is 0 Å². The quantitative estimate of drug-likeness (QED) is 0.818. The van der Waals surface area contributed by atoms with Gasteiger partial charge in [-0.1, -0.05) is 30.3 Å². The standard InChI is InChI=1S/C17H21N3/c1-14-16(11-17(12-18)20(14)2)13-19-10-6-9-15-7-4-3-5-8-15/h3-5,7-8,11,19H,6,9-10,13H2,1-2H3. The molecule has 0 radical (unpaired) electrons. The number of aryl methyl sites for hydroxylation is 1. The van der Waals surface area contributed by atoms with E-state index in [1.807, 2.05) is 23.7 Å². The van der Waals surface area contributed by atoms with Gasteiger partial charge in [0.2, 0.25) is 0 Å². The van der Waals surface area contributed by atoms with Crippen LogP contribution in [-0.4, -0.2) is 11.1 Å². The number of nitrogens with one attached hydrogen (secondary N) is 1. The van der Waals surface area contributed by atoms with E-state index in [4.69, 9.17) is 5.26 Å². The summed E-state index contributed by atoms with van der Waals surface area (Å²) in [7, 11) is 1.94. The van der Waals surface area contributed by atoms with Crippen molar-refractivity contribution in [1.82, 2.24) is 9.88 Å². The molecule has 1 aromatic heterocycles. The van der Waals surface area contributed by atoms with Crippen LogP contribution < -0.4 is 5.32 Å². The molecule has 104 valence electrons. The third-order valence-corrected chi connectivity index (χ3v) is 3.73. The van der Waals surface area contributed by atoms with Crippen LogP contribution in [0.15, 0.2) is 36.4 Å². The van der Waals surface area contributed by atoms with Crippen LogP contribution in [0.5, 0.6) is 0 Å². The summed E-state index contributed by atoms with van der Waals surface area (Å²) in [5, 5.41) is 12.5. The van der Waals surface area contributed by atoms with Crippen molar-refractivity contribution in [3.8, 4) is 6.07 Å². The van der Waals surface area contributed by atoms with Crippen LogP contribution in [-0.2, 0) is 20.0 Å². The molecule has 0 saturated heterocycles. The smallest absolute Gasteiger partial charge is 0.120 e. The van der Waals surface area contributed by atoms with E-state index in [1.54, 1.807) is 0 Å². The maximum absolute atomic E-state index is 9.00. The Labute approximate surface area is 120 Å². The highest BCUT2D eigenvalue weighted by Crippen LogP contribution is 2.13. The zero-order valence-electron chi connectivity index (χ0n) is 12.2. The second-order valence-electron chi connectivity index (χ2n) is 5.08. The molecule has 0 atom stereocenters. The van der Waals surface area contributed by atoms with E-state index in [0.717, 1.165) is 37.3 Å². The largest absolute Gasteiger partial charge is 0.340 e. The summed E-state index contributed by atoms with van der Waals surface area (Å²) in [6.07, 6.45) is 2.23. The molecule has 1 aromatic carbocycles. The number of benzene rings is 1. The van der Waals surface area contributed by atoms with Gasteiger partial charge in [-0.15, -0.1) is 0 Å². The molecular formula is C17H21N3. The van der Waals surface area contributed by atoms with E-state index in [2.05, 4.69) is 42.6 Å². The lowest BCUT2D eigenvalue weighted by Gasteiger charge is -2.05. The van der Waals surface area contributed by atoms with Crippen LogP contribution in [0.4, 0.5) is 0 Å². The van der Waals surface area contributed by atoms with E-state index in [-0.39, 0.29) is 0 Å². The molecule has 0 saturated carbocycles. The normalized spacial score (nSPS) is 10.4. The minimum atomic E-state index is 0.726. The van der Waals surface area contributed by atoms with E-state index >= 15 is 0 Å². The fraction of sp³-hybridized carbons (Fsp3) is 0.353. The predicted molar refractivity (Wildman–Crippen MR) is 81.3 cm³/mol. The van der Waals surface area contributed by atoms with Crippen molar-refractivity contribution in [1.29, 1.82) is 5.26 Å². The van der Waals surface area contributed by atoms with Crippen molar-refractivity contribution in [3.63, 3.8) is 0 Å². The molecule has 0 unspecified atom stereocenters. The molecule has 0 fully saturated rings. The number of hydrogen-bond acceptors (Lipinski definition) is 2. The van der Waals surface area contributed by atoms with Crippen LogP contribution in [0.25, 0.3) is 0 Å². The Bertz CT molecular complexity index is 591. The summed E-state index contributed by atoms with van der Waals surface area (Å²) in [5.74, 6) is 0. The molecule has 2 rings (SSSR count).